The molecule has 2 heterocycles. The summed E-state index contributed by atoms with van der Waals surface area (Å²) < 4.78 is 11.0. The summed E-state index contributed by atoms with van der Waals surface area (Å²) in [6, 6.07) is 13.1. The number of rotatable bonds is 4. The first-order valence-corrected chi connectivity index (χ1v) is 8.30. The van der Waals surface area contributed by atoms with Crippen LogP contribution in [0.5, 0.6) is 11.5 Å². The lowest BCUT2D eigenvalue weighted by atomic mass is 9.95. The predicted octanol–water partition coefficient (Wildman–Crippen LogP) is 2.67. The Morgan fingerprint density at radius 3 is 2.85 bits per heavy atom. The number of hydrogen-bond acceptors (Lipinski definition) is 5. The molecule has 7 heteroatoms. The number of carbonyl (C=O) groups is 1. The van der Waals surface area contributed by atoms with Crippen LogP contribution in [0.15, 0.2) is 48.7 Å². The summed E-state index contributed by atoms with van der Waals surface area (Å²) in [5.74, 6) is 1.26. The van der Waals surface area contributed by atoms with Gasteiger partial charge in [0.15, 0.2) is 0 Å². The van der Waals surface area contributed by atoms with E-state index in [0.29, 0.717) is 13.0 Å². The van der Waals surface area contributed by atoms with Crippen molar-refractivity contribution >= 4 is 11.6 Å². The van der Waals surface area contributed by atoms with Crippen LogP contribution in [-0.4, -0.2) is 35.0 Å². The van der Waals surface area contributed by atoms with Gasteiger partial charge in [-0.15, -0.1) is 0 Å². The standard InChI is InChI=1S/C19H18N4O3/c1-25-16-6-7-18-13(9-16)8-14(11-26-18)19(24)21-15-4-2-12(3-5-15)17-10-20-23-22-17/h2-7,9-10,14H,8,11H2,1H3,(H,21,24)(H,20,22,23). The van der Waals surface area contributed by atoms with Gasteiger partial charge in [-0.05, 0) is 42.3 Å². The van der Waals surface area contributed by atoms with E-state index in [4.69, 9.17) is 9.47 Å². The first-order valence-electron chi connectivity index (χ1n) is 8.30. The zero-order valence-electron chi connectivity index (χ0n) is 14.2. The van der Waals surface area contributed by atoms with Crippen LogP contribution in [0.2, 0.25) is 0 Å². The average molecular weight is 350 g/mol. The number of aromatic nitrogens is 3. The molecular weight excluding hydrogens is 332 g/mol. The smallest absolute Gasteiger partial charge is 0.231 e. The number of ether oxygens (including phenoxy) is 2. The molecule has 1 aliphatic rings. The molecule has 2 aromatic carbocycles. The number of nitrogens with one attached hydrogen (secondary N) is 2. The largest absolute Gasteiger partial charge is 0.497 e. The van der Waals surface area contributed by atoms with Gasteiger partial charge in [0.05, 0.1) is 19.2 Å². The maximum absolute atomic E-state index is 12.6. The predicted molar refractivity (Wildman–Crippen MR) is 96.1 cm³/mol. The number of nitrogens with zero attached hydrogens (tertiary/aromatic N) is 2. The fourth-order valence-corrected chi connectivity index (χ4v) is 2.98. The van der Waals surface area contributed by atoms with Crippen molar-refractivity contribution in [2.45, 2.75) is 6.42 Å². The van der Waals surface area contributed by atoms with Gasteiger partial charge in [-0.3, -0.25) is 4.79 Å². The molecule has 2 N–H and O–H groups in total. The summed E-state index contributed by atoms with van der Waals surface area (Å²) in [6.07, 6.45) is 2.27. The second-order valence-corrected chi connectivity index (χ2v) is 6.11. The summed E-state index contributed by atoms with van der Waals surface area (Å²) in [5, 5.41) is 13.4. The van der Waals surface area contributed by atoms with Crippen molar-refractivity contribution in [3.05, 3.63) is 54.2 Å². The van der Waals surface area contributed by atoms with Gasteiger partial charge in [-0.2, -0.15) is 15.4 Å². The Morgan fingerprint density at radius 2 is 2.12 bits per heavy atom. The normalized spacial score (nSPS) is 15.7. The molecule has 1 aliphatic heterocycles. The number of methoxy groups -OCH3 is 1. The van der Waals surface area contributed by atoms with Gasteiger partial charge in [-0.1, -0.05) is 12.1 Å². The summed E-state index contributed by atoms with van der Waals surface area (Å²) in [4.78, 5) is 12.6. The minimum atomic E-state index is -0.246. The van der Waals surface area contributed by atoms with Gasteiger partial charge >= 0.3 is 0 Å². The van der Waals surface area contributed by atoms with E-state index >= 15 is 0 Å². The second kappa shape index (κ2) is 6.87. The van der Waals surface area contributed by atoms with Crippen LogP contribution in [0, 0.1) is 5.92 Å². The van der Waals surface area contributed by atoms with Gasteiger partial charge in [-0.25, -0.2) is 0 Å². The van der Waals surface area contributed by atoms with Gasteiger partial charge in [0.25, 0.3) is 0 Å². The molecule has 4 rings (SSSR count). The molecule has 3 aromatic rings. The monoisotopic (exact) mass is 350 g/mol. The minimum Gasteiger partial charge on any atom is -0.497 e. The van der Waals surface area contributed by atoms with E-state index in [9.17, 15) is 4.79 Å². The molecule has 0 spiro atoms. The molecule has 1 aromatic heterocycles. The number of benzene rings is 2. The number of carbonyl (C=O) groups excluding carboxylic acids is 1. The van der Waals surface area contributed by atoms with E-state index in [1.54, 1.807) is 13.3 Å². The molecule has 7 nitrogen and oxygen atoms in total. The Kier molecular flexibility index (Phi) is 4.27. The van der Waals surface area contributed by atoms with E-state index in [0.717, 1.165) is 34.0 Å². The fourth-order valence-electron chi connectivity index (χ4n) is 2.98. The summed E-state index contributed by atoms with van der Waals surface area (Å²) in [7, 11) is 1.62. The highest BCUT2D eigenvalue weighted by Crippen LogP contribution is 2.31. The van der Waals surface area contributed by atoms with Crippen molar-refractivity contribution in [3.8, 4) is 22.8 Å². The van der Waals surface area contributed by atoms with Crippen molar-refractivity contribution in [3.63, 3.8) is 0 Å². The van der Waals surface area contributed by atoms with E-state index in [2.05, 4.69) is 20.7 Å². The summed E-state index contributed by atoms with van der Waals surface area (Å²) >= 11 is 0. The van der Waals surface area contributed by atoms with Crippen LogP contribution < -0.4 is 14.8 Å². The number of H-pyrrole nitrogens is 1. The molecule has 1 unspecified atom stereocenters. The third-order valence-electron chi connectivity index (χ3n) is 4.41. The Balaban J connectivity index is 1.43. The Bertz CT molecular complexity index is 907. The Hall–Kier alpha value is -3.35. The zero-order valence-corrected chi connectivity index (χ0v) is 14.2. The fraction of sp³-hybridized carbons (Fsp3) is 0.211. The maximum atomic E-state index is 12.6. The molecule has 1 atom stereocenters. The third kappa shape index (κ3) is 3.23. The van der Waals surface area contributed by atoms with Crippen molar-refractivity contribution in [2.75, 3.05) is 19.0 Å². The molecule has 1 amide bonds. The van der Waals surface area contributed by atoms with E-state index < -0.39 is 0 Å². The van der Waals surface area contributed by atoms with E-state index in [-0.39, 0.29) is 11.8 Å². The van der Waals surface area contributed by atoms with Crippen molar-refractivity contribution in [2.24, 2.45) is 5.92 Å². The van der Waals surface area contributed by atoms with Crippen LogP contribution in [0.1, 0.15) is 5.56 Å². The molecule has 0 radical (unpaired) electrons. The molecule has 0 aliphatic carbocycles. The maximum Gasteiger partial charge on any atom is 0.231 e. The first-order chi connectivity index (χ1) is 12.7. The highest BCUT2D eigenvalue weighted by atomic mass is 16.5. The zero-order chi connectivity index (χ0) is 17.9. The summed E-state index contributed by atoms with van der Waals surface area (Å²) in [6.45, 7) is 0.363. The molecule has 0 saturated heterocycles. The lowest BCUT2D eigenvalue weighted by Gasteiger charge is -2.25. The third-order valence-corrected chi connectivity index (χ3v) is 4.41. The van der Waals surface area contributed by atoms with Crippen LogP contribution in [0.25, 0.3) is 11.3 Å². The average Bonchev–Trinajstić information content (AvgIpc) is 3.22. The van der Waals surface area contributed by atoms with Crippen molar-refractivity contribution in [1.29, 1.82) is 0 Å². The van der Waals surface area contributed by atoms with Crippen LogP contribution in [-0.2, 0) is 11.2 Å². The lowest BCUT2D eigenvalue weighted by molar-refractivity contribution is -0.121. The number of amides is 1. The second-order valence-electron chi connectivity index (χ2n) is 6.11. The van der Waals surface area contributed by atoms with Crippen LogP contribution in [0.4, 0.5) is 5.69 Å². The van der Waals surface area contributed by atoms with Crippen LogP contribution >= 0.6 is 0 Å². The topological polar surface area (TPSA) is 89.1 Å². The Labute approximate surface area is 150 Å². The number of fused-ring (bicyclic) bond motifs is 1. The number of hydrogen-bond donors (Lipinski definition) is 2. The van der Waals surface area contributed by atoms with E-state index in [1.807, 2.05) is 42.5 Å². The minimum absolute atomic E-state index is 0.0624. The molecule has 0 saturated carbocycles. The Morgan fingerprint density at radius 1 is 1.27 bits per heavy atom. The molecule has 0 fully saturated rings. The van der Waals surface area contributed by atoms with Crippen molar-refractivity contribution < 1.29 is 14.3 Å². The van der Waals surface area contributed by atoms with Crippen molar-refractivity contribution in [1.82, 2.24) is 15.4 Å². The van der Waals surface area contributed by atoms with Gasteiger partial charge in [0.2, 0.25) is 5.91 Å². The molecular formula is C19H18N4O3. The van der Waals surface area contributed by atoms with Gasteiger partial charge in [0.1, 0.15) is 23.8 Å². The number of aromatic amines is 1. The first kappa shape index (κ1) is 16.1. The molecule has 0 bridgehead atoms. The summed E-state index contributed by atoms with van der Waals surface area (Å²) in [5.41, 5.74) is 3.41. The lowest BCUT2D eigenvalue weighted by Crippen LogP contribution is -2.32. The van der Waals surface area contributed by atoms with Gasteiger partial charge < -0.3 is 14.8 Å². The molecule has 26 heavy (non-hydrogen) atoms. The highest BCUT2D eigenvalue weighted by molar-refractivity contribution is 5.93. The highest BCUT2D eigenvalue weighted by Gasteiger charge is 2.26. The molecule has 132 valence electrons. The SMILES string of the molecule is COc1ccc2c(c1)CC(C(=O)Nc1ccc(-c3cn[nH]n3)cc1)CO2. The number of anilines is 1. The van der Waals surface area contributed by atoms with E-state index in [1.165, 1.54) is 0 Å². The van der Waals surface area contributed by atoms with Crippen LogP contribution in [0.3, 0.4) is 0 Å². The van der Waals surface area contributed by atoms with Gasteiger partial charge in [0, 0.05) is 11.3 Å². The quantitative estimate of drug-likeness (QED) is 0.755.